The molecule has 31 heavy (non-hydrogen) atoms. The number of aryl methyl sites for hydroxylation is 1. The molecule has 0 atom stereocenters. The molecule has 0 saturated heterocycles. The van der Waals surface area contributed by atoms with E-state index in [1.54, 1.807) is 6.26 Å². The zero-order valence-corrected chi connectivity index (χ0v) is 17.0. The summed E-state index contributed by atoms with van der Waals surface area (Å²) in [5.74, 6) is -1.20. The van der Waals surface area contributed by atoms with Gasteiger partial charge in [0.25, 0.3) is 0 Å². The van der Waals surface area contributed by atoms with E-state index in [1.807, 2.05) is 43.3 Å². The van der Waals surface area contributed by atoms with Gasteiger partial charge in [-0.15, -0.1) is 0 Å². The predicted molar refractivity (Wildman–Crippen MR) is 116 cm³/mol. The van der Waals surface area contributed by atoms with Crippen LogP contribution in [0.2, 0.25) is 0 Å². The van der Waals surface area contributed by atoms with Gasteiger partial charge >= 0.3 is 5.97 Å². The third kappa shape index (κ3) is 4.44. The molecule has 6 heteroatoms. The highest BCUT2D eigenvalue weighted by Crippen LogP contribution is 2.34. The molecular weight excluding hydrogens is 397 g/mol. The molecule has 0 saturated carbocycles. The first kappa shape index (κ1) is 20.6. The average Bonchev–Trinajstić information content (AvgIpc) is 3.13. The highest BCUT2D eigenvalue weighted by Gasteiger charge is 2.14. The Hall–Kier alpha value is -3.64. The van der Waals surface area contributed by atoms with Crippen molar-refractivity contribution in [1.29, 1.82) is 0 Å². The van der Waals surface area contributed by atoms with Gasteiger partial charge in [-0.25, -0.2) is 4.39 Å². The first-order valence-electron chi connectivity index (χ1n) is 9.87. The number of nitrogens with two attached hydrogens (primary N) is 1. The highest BCUT2D eigenvalue weighted by molar-refractivity contribution is 5.95. The van der Waals surface area contributed by atoms with E-state index < -0.39 is 11.8 Å². The van der Waals surface area contributed by atoms with Gasteiger partial charge in [0.15, 0.2) is 0 Å². The lowest BCUT2D eigenvalue weighted by molar-refractivity contribution is -0.136. The second-order valence-electron chi connectivity index (χ2n) is 7.45. The van der Waals surface area contributed by atoms with Crippen LogP contribution < -0.4 is 10.5 Å². The van der Waals surface area contributed by atoms with Crippen molar-refractivity contribution in [3.8, 4) is 16.9 Å². The second kappa shape index (κ2) is 8.62. The second-order valence-corrected chi connectivity index (χ2v) is 7.45. The van der Waals surface area contributed by atoms with Crippen LogP contribution >= 0.6 is 0 Å². The minimum Gasteiger partial charge on any atom is -0.489 e. The van der Waals surface area contributed by atoms with Crippen LogP contribution in [0.4, 0.5) is 4.39 Å². The first-order valence-corrected chi connectivity index (χ1v) is 9.87. The number of carboxylic acids is 1. The third-order valence-corrected chi connectivity index (χ3v) is 5.16. The summed E-state index contributed by atoms with van der Waals surface area (Å²) in [6, 6.07) is 15.8. The number of furan rings is 1. The Bertz CT molecular complexity index is 1260. The van der Waals surface area contributed by atoms with Crippen molar-refractivity contribution >= 4 is 16.9 Å². The number of benzene rings is 3. The molecule has 4 aromatic rings. The molecule has 0 unspecified atom stereocenters. The van der Waals surface area contributed by atoms with E-state index in [1.165, 1.54) is 18.2 Å². The van der Waals surface area contributed by atoms with E-state index in [4.69, 9.17) is 20.0 Å². The molecule has 0 amide bonds. The molecule has 0 aliphatic heterocycles. The fraction of sp³-hybridized carbons (Fsp3) is 0.160. The van der Waals surface area contributed by atoms with Gasteiger partial charge in [-0.3, -0.25) is 4.79 Å². The number of rotatable bonds is 7. The molecule has 0 spiro atoms. The van der Waals surface area contributed by atoms with Crippen molar-refractivity contribution in [2.45, 2.75) is 26.5 Å². The van der Waals surface area contributed by atoms with E-state index in [0.717, 1.165) is 38.8 Å². The summed E-state index contributed by atoms with van der Waals surface area (Å²) in [5, 5.41) is 10.1. The number of carbonyl (C=O) groups is 1. The van der Waals surface area contributed by atoms with Gasteiger partial charge < -0.3 is 20.0 Å². The lowest BCUT2D eigenvalue weighted by Gasteiger charge is -2.13. The van der Waals surface area contributed by atoms with Gasteiger partial charge in [-0.05, 0) is 65.6 Å². The van der Waals surface area contributed by atoms with Crippen LogP contribution in [-0.4, -0.2) is 11.1 Å². The normalized spacial score (nSPS) is 11.1. The van der Waals surface area contributed by atoms with Crippen molar-refractivity contribution in [3.63, 3.8) is 0 Å². The van der Waals surface area contributed by atoms with E-state index in [2.05, 4.69) is 0 Å². The van der Waals surface area contributed by atoms with Gasteiger partial charge in [-0.1, -0.05) is 18.2 Å². The summed E-state index contributed by atoms with van der Waals surface area (Å²) < 4.78 is 25.3. The molecule has 0 aliphatic rings. The summed E-state index contributed by atoms with van der Waals surface area (Å²) in [6.07, 6.45) is 1.40. The summed E-state index contributed by atoms with van der Waals surface area (Å²) in [7, 11) is 0. The van der Waals surface area contributed by atoms with Crippen LogP contribution in [0.25, 0.3) is 22.1 Å². The number of hydrogen-bond acceptors (Lipinski definition) is 4. The van der Waals surface area contributed by atoms with E-state index in [0.29, 0.717) is 17.9 Å². The summed E-state index contributed by atoms with van der Waals surface area (Å²) in [5.41, 5.74) is 11.7. The molecule has 0 radical (unpaired) electrons. The maximum atomic E-state index is 13.6. The van der Waals surface area contributed by atoms with Gasteiger partial charge in [0.05, 0.1) is 12.7 Å². The van der Waals surface area contributed by atoms with Crippen molar-refractivity contribution in [3.05, 3.63) is 88.9 Å². The molecule has 0 fully saturated rings. The summed E-state index contributed by atoms with van der Waals surface area (Å²) in [4.78, 5) is 11.1. The number of hydrogen-bond donors (Lipinski definition) is 2. The lowest BCUT2D eigenvalue weighted by Crippen LogP contribution is -2.05. The maximum absolute atomic E-state index is 13.6. The standard InChI is InChI=1S/C25H22FNO4/c1-15-13-31-25-21(15)8-17(9-22(25)18-4-2-3-16(7-18)12-27)14-30-23-6-5-20(26)10-19(23)11-24(28)29/h2-10,13H,11-12,14,27H2,1H3,(H,28,29). The van der Waals surface area contributed by atoms with Crippen LogP contribution in [0, 0.1) is 12.7 Å². The van der Waals surface area contributed by atoms with Gasteiger partial charge in [0.2, 0.25) is 0 Å². The number of halogens is 1. The van der Waals surface area contributed by atoms with Crippen LogP contribution in [0.5, 0.6) is 5.75 Å². The molecule has 1 aromatic heterocycles. The number of aliphatic carboxylic acids is 1. The van der Waals surface area contributed by atoms with Crippen molar-refractivity contribution in [2.75, 3.05) is 0 Å². The van der Waals surface area contributed by atoms with Crippen LogP contribution in [0.1, 0.15) is 22.3 Å². The Balaban J connectivity index is 1.71. The Labute approximate surface area is 178 Å². The monoisotopic (exact) mass is 419 g/mol. The Kier molecular flexibility index (Phi) is 5.73. The minimum absolute atomic E-state index is 0.197. The maximum Gasteiger partial charge on any atom is 0.307 e. The summed E-state index contributed by atoms with van der Waals surface area (Å²) >= 11 is 0. The first-order chi connectivity index (χ1) is 14.9. The SMILES string of the molecule is Cc1coc2c(-c3cccc(CN)c3)cc(COc3ccc(F)cc3CC(=O)O)cc12. The lowest BCUT2D eigenvalue weighted by atomic mass is 9.98. The third-order valence-electron chi connectivity index (χ3n) is 5.16. The zero-order valence-electron chi connectivity index (χ0n) is 17.0. The smallest absolute Gasteiger partial charge is 0.307 e. The van der Waals surface area contributed by atoms with Gasteiger partial charge in [-0.2, -0.15) is 0 Å². The molecule has 3 N–H and O–H groups in total. The molecule has 4 rings (SSSR count). The Morgan fingerprint density at radius 1 is 1.13 bits per heavy atom. The summed E-state index contributed by atoms with van der Waals surface area (Å²) in [6.45, 7) is 2.61. The predicted octanol–water partition coefficient (Wildman–Crippen LogP) is 5.21. The number of fused-ring (bicyclic) bond motifs is 1. The molecule has 0 bridgehead atoms. The van der Waals surface area contributed by atoms with Crippen molar-refractivity contribution in [1.82, 2.24) is 0 Å². The molecule has 0 aliphatic carbocycles. The van der Waals surface area contributed by atoms with Crippen LogP contribution in [0.3, 0.4) is 0 Å². The van der Waals surface area contributed by atoms with E-state index >= 15 is 0 Å². The topological polar surface area (TPSA) is 85.7 Å². The highest BCUT2D eigenvalue weighted by atomic mass is 19.1. The van der Waals surface area contributed by atoms with Crippen LogP contribution in [-0.2, 0) is 24.4 Å². The molecule has 158 valence electrons. The fourth-order valence-corrected chi connectivity index (χ4v) is 3.63. The largest absolute Gasteiger partial charge is 0.489 e. The Morgan fingerprint density at radius 2 is 1.97 bits per heavy atom. The van der Waals surface area contributed by atoms with Crippen molar-refractivity contribution in [2.24, 2.45) is 5.73 Å². The molecule has 3 aromatic carbocycles. The molecular formula is C25H22FNO4. The van der Waals surface area contributed by atoms with Gasteiger partial charge in [0, 0.05) is 23.1 Å². The Morgan fingerprint density at radius 3 is 2.74 bits per heavy atom. The van der Waals surface area contributed by atoms with Crippen LogP contribution in [0.15, 0.2) is 65.3 Å². The fourth-order valence-electron chi connectivity index (χ4n) is 3.63. The zero-order chi connectivity index (χ0) is 22.0. The van der Waals surface area contributed by atoms with E-state index in [-0.39, 0.29) is 13.0 Å². The number of ether oxygens (including phenoxy) is 1. The quantitative estimate of drug-likeness (QED) is 0.429. The van der Waals surface area contributed by atoms with Crippen molar-refractivity contribution < 1.29 is 23.4 Å². The van der Waals surface area contributed by atoms with E-state index in [9.17, 15) is 9.18 Å². The molecule has 1 heterocycles. The number of carboxylic acid groups (broad SMARTS) is 1. The van der Waals surface area contributed by atoms with Gasteiger partial charge in [0.1, 0.15) is 23.8 Å². The molecule has 5 nitrogen and oxygen atoms in total. The average molecular weight is 419 g/mol. The minimum atomic E-state index is -1.05.